The minimum Gasteiger partial charge on any atom is -0.493 e. The van der Waals surface area contributed by atoms with Gasteiger partial charge in [0.25, 0.3) is 0 Å². The van der Waals surface area contributed by atoms with E-state index >= 15 is 0 Å². The van der Waals surface area contributed by atoms with Crippen molar-refractivity contribution in [1.82, 2.24) is 14.9 Å². The van der Waals surface area contributed by atoms with Gasteiger partial charge in [0.05, 0.1) is 35.5 Å². The number of hydrogen-bond acceptors (Lipinski definition) is 7. The number of amides is 1. The number of hydrogen-bond donors (Lipinski definition) is 2. The first-order chi connectivity index (χ1) is 16.9. The minimum absolute atomic E-state index is 0.0114. The summed E-state index contributed by atoms with van der Waals surface area (Å²) < 4.78 is 26.4. The maximum Gasteiger partial charge on any atom is 0.234 e. The summed E-state index contributed by atoms with van der Waals surface area (Å²) in [4.78, 5) is 22.5. The highest BCUT2D eigenvalue weighted by Crippen LogP contribution is 2.38. The van der Waals surface area contributed by atoms with Gasteiger partial charge in [0.15, 0.2) is 17.3 Å². The third-order valence-corrected chi connectivity index (χ3v) is 7.21. The first-order valence-electron chi connectivity index (χ1n) is 11.7. The van der Waals surface area contributed by atoms with Crippen LogP contribution in [0.25, 0.3) is 10.9 Å². The second-order valence-corrected chi connectivity index (χ2v) is 9.37. The molecule has 0 radical (unpaired) electrons. The van der Waals surface area contributed by atoms with Crippen LogP contribution in [0.3, 0.4) is 0 Å². The Labute approximate surface area is 207 Å². The Balaban J connectivity index is 1.35. The fourth-order valence-electron chi connectivity index (χ4n) is 4.97. The highest BCUT2D eigenvalue weighted by Gasteiger charge is 2.39. The van der Waals surface area contributed by atoms with Crippen LogP contribution in [-0.2, 0) is 4.79 Å². The van der Waals surface area contributed by atoms with Gasteiger partial charge in [-0.1, -0.05) is 17.7 Å². The van der Waals surface area contributed by atoms with Gasteiger partial charge in [0.2, 0.25) is 5.91 Å². The minimum atomic E-state index is -0.552. The average molecular weight is 500 g/mol. The molecule has 3 aromatic rings. The number of ether oxygens (including phenoxy) is 2. The number of carbonyl (C=O) groups is 1. The van der Waals surface area contributed by atoms with Crippen molar-refractivity contribution in [2.24, 2.45) is 5.73 Å². The molecule has 1 saturated carbocycles. The van der Waals surface area contributed by atoms with Gasteiger partial charge in [-0.2, -0.15) is 0 Å². The Kier molecular flexibility index (Phi) is 6.62. The largest absolute Gasteiger partial charge is 0.493 e. The molecule has 1 atom stereocenters. The second kappa shape index (κ2) is 9.83. The molecule has 3 N–H and O–H groups in total. The maximum atomic E-state index is 14.5. The Morgan fingerprint density at radius 3 is 2.66 bits per heavy atom. The highest BCUT2D eigenvalue weighted by molar-refractivity contribution is 6.31. The van der Waals surface area contributed by atoms with E-state index < -0.39 is 5.82 Å². The quantitative estimate of drug-likeness (QED) is 0.496. The predicted octanol–water partition coefficient (Wildman–Crippen LogP) is 4.42. The Morgan fingerprint density at radius 1 is 1.17 bits per heavy atom. The van der Waals surface area contributed by atoms with Crippen LogP contribution in [0.5, 0.6) is 11.5 Å². The van der Waals surface area contributed by atoms with Crippen LogP contribution in [0, 0.1) is 5.82 Å². The number of fused-ring (bicyclic) bond motifs is 1. The van der Waals surface area contributed by atoms with E-state index in [0.29, 0.717) is 34.3 Å². The molecule has 10 heteroatoms. The number of nitrogens with two attached hydrogens (primary N) is 1. The van der Waals surface area contributed by atoms with Crippen molar-refractivity contribution >= 4 is 39.9 Å². The number of benzene rings is 2. The van der Waals surface area contributed by atoms with E-state index in [1.165, 1.54) is 12.4 Å². The zero-order valence-corrected chi connectivity index (χ0v) is 20.1. The number of carbonyl (C=O) groups excluding carboxylic acids is 1. The normalized spacial score (nSPS) is 22.4. The fourth-order valence-corrected chi connectivity index (χ4v) is 5.14. The van der Waals surface area contributed by atoms with E-state index in [1.807, 2.05) is 6.07 Å². The van der Waals surface area contributed by atoms with Gasteiger partial charge in [-0.25, -0.2) is 14.4 Å². The maximum absolute atomic E-state index is 14.5. The lowest BCUT2D eigenvalue weighted by Gasteiger charge is -2.46. The van der Waals surface area contributed by atoms with Crippen molar-refractivity contribution in [3.63, 3.8) is 0 Å². The van der Waals surface area contributed by atoms with Crippen LogP contribution in [-0.4, -0.2) is 52.6 Å². The van der Waals surface area contributed by atoms with Gasteiger partial charge in [-0.15, -0.1) is 0 Å². The number of rotatable bonds is 7. The number of anilines is 2. The van der Waals surface area contributed by atoms with Crippen LogP contribution in [0.1, 0.15) is 32.1 Å². The molecule has 5 rings (SSSR count). The van der Waals surface area contributed by atoms with Crippen molar-refractivity contribution < 1.29 is 18.7 Å². The van der Waals surface area contributed by atoms with E-state index in [4.69, 9.17) is 26.8 Å². The summed E-state index contributed by atoms with van der Waals surface area (Å²) in [5, 5.41) is 3.71. The van der Waals surface area contributed by atoms with Crippen molar-refractivity contribution in [1.29, 1.82) is 0 Å². The summed E-state index contributed by atoms with van der Waals surface area (Å²) in [5.41, 5.74) is 6.37. The van der Waals surface area contributed by atoms with E-state index in [2.05, 4.69) is 20.2 Å². The molecular formula is C25H27ClFN5O3. The van der Waals surface area contributed by atoms with E-state index in [0.717, 1.165) is 38.6 Å². The summed E-state index contributed by atoms with van der Waals surface area (Å²) in [5.74, 6) is 0.785. The standard InChI is InChI=1S/C25H27ClFN5O3/c1-34-21-12-19-16(25(30-13-29-19)31-18-4-2-3-17(26)23(18)27)11-22(21)35-15-7-5-14(6-8-15)32-10-9-20(32)24(28)33/h2-4,11-15,20H,5-10H2,1H3,(H2,28,33)(H,29,30,31)/t14-,15-,20-/m0/s1. The van der Waals surface area contributed by atoms with Gasteiger partial charge in [0, 0.05) is 24.0 Å². The Bertz CT molecular complexity index is 1250. The van der Waals surface area contributed by atoms with E-state index in [1.54, 1.807) is 25.3 Å². The summed E-state index contributed by atoms with van der Waals surface area (Å²) in [6.07, 6.45) is 5.86. The predicted molar refractivity (Wildman–Crippen MR) is 132 cm³/mol. The molecule has 2 heterocycles. The summed E-state index contributed by atoms with van der Waals surface area (Å²) >= 11 is 5.93. The summed E-state index contributed by atoms with van der Waals surface area (Å²) in [7, 11) is 1.58. The van der Waals surface area contributed by atoms with Crippen LogP contribution in [0.4, 0.5) is 15.9 Å². The van der Waals surface area contributed by atoms with Crippen molar-refractivity contribution in [3.8, 4) is 11.5 Å². The summed E-state index contributed by atoms with van der Waals surface area (Å²) in [6.45, 7) is 0.922. The molecule has 1 aliphatic heterocycles. The third kappa shape index (κ3) is 4.70. The lowest BCUT2D eigenvalue weighted by molar-refractivity contribution is -0.130. The smallest absolute Gasteiger partial charge is 0.234 e. The van der Waals surface area contributed by atoms with Gasteiger partial charge in [0.1, 0.15) is 12.1 Å². The molecule has 0 unspecified atom stereocenters. The summed E-state index contributed by atoms with van der Waals surface area (Å²) in [6, 6.07) is 8.58. The second-order valence-electron chi connectivity index (χ2n) is 8.96. The number of aromatic nitrogens is 2. The molecule has 0 bridgehead atoms. The highest BCUT2D eigenvalue weighted by atomic mass is 35.5. The van der Waals surface area contributed by atoms with E-state index in [-0.39, 0.29) is 28.8 Å². The first kappa shape index (κ1) is 23.6. The lowest BCUT2D eigenvalue weighted by atomic mass is 9.87. The number of likely N-dealkylation sites (tertiary alicyclic amines) is 1. The molecule has 2 fully saturated rings. The average Bonchev–Trinajstić information content (AvgIpc) is 2.82. The van der Waals surface area contributed by atoms with Crippen molar-refractivity contribution in [2.45, 2.75) is 50.3 Å². The lowest BCUT2D eigenvalue weighted by Crippen LogP contribution is -2.59. The van der Waals surface area contributed by atoms with Gasteiger partial charge >= 0.3 is 0 Å². The van der Waals surface area contributed by atoms with Crippen LogP contribution < -0.4 is 20.5 Å². The molecule has 2 aromatic carbocycles. The van der Waals surface area contributed by atoms with Crippen LogP contribution >= 0.6 is 11.6 Å². The molecule has 184 valence electrons. The van der Waals surface area contributed by atoms with Gasteiger partial charge in [-0.05, 0) is 50.3 Å². The molecule has 35 heavy (non-hydrogen) atoms. The van der Waals surface area contributed by atoms with Crippen LogP contribution in [0.15, 0.2) is 36.7 Å². The SMILES string of the molecule is COc1cc2ncnc(Nc3cccc(Cl)c3F)c2cc1O[C@H]1CC[C@H](N2CC[C@H]2C(N)=O)CC1. The fraction of sp³-hybridized carbons (Fsp3) is 0.400. The number of nitrogens with one attached hydrogen (secondary N) is 1. The molecule has 2 aliphatic rings. The third-order valence-electron chi connectivity index (χ3n) is 6.92. The molecule has 1 aromatic heterocycles. The molecular weight excluding hydrogens is 473 g/mol. The van der Waals surface area contributed by atoms with Crippen molar-refractivity contribution in [2.75, 3.05) is 19.0 Å². The molecule has 1 amide bonds. The topological polar surface area (TPSA) is 103 Å². The van der Waals surface area contributed by atoms with E-state index in [9.17, 15) is 9.18 Å². The molecule has 1 saturated heterocycles. The Morgan fingerprint density at radius 2 is 1.97 bits per heavy atom. The zero-order valence-electron chi connectivity index (χ0n) is 19.3. The molecule has 0 spiro atoms. The molecule has 8 nitrogen and oxygen atoms in total. The van der Waals surface area contributed by atoms with Crippen molar-refractivity contribution in [3.05, 3.63) is 47.5 Å². The number of methoxy groups -OCH3 is 1. The van der Waals surface area contributed by atoms with Gasteiger partial charge in [-0.3, -0.25) is 9.69 Å². The Hall–Kier alpha value is -3.17. The first-order valence-corrected chi connectivity index (χ1v) is 12.1. The van der Waals surface area contributed by atoms with Gasteiger partial charge < -0.3 is 20.5 Å². The number of nitrogens with zero attached hydrogens (tertiary/aromatic N) is 3. The number of primary amides is 1. The molecule has 1 aliphatic carbocycles. The number of halogens is 2. The van der Waals surface area contributed by atoms with Crippen LogP contribution in [0.2, 0.25) is 5.02 Å². The zero-order chi connectivity index (χ0) is 24.5. The monoisotopic (exact) mass is 499 g/mol.